The monoisotopic (exact) mass is 432 g/mol. The Balaban J connectivity index is 1.62. The van der Waals surface area contributed by atoms with Crippen LogP contribution in [0.2, 0.25) is 5.02 Å². The number of rotatable bonds is 5. The van der Waals surface area contributed by atoms with Crippen molar-refractivity contribution >= 4 is 17.6 Å². The van der Waals surface area contributed by atoms with E-state index < -0.39 is 23.6 Å². The zero-order chi connectivity index (χ0) is 21.5. The van der Waals surface area contributed by atoms with Gasteiger partial charge in [-0.05, 0) is 62.7 Å². The van der Waals surface area contributed by atoms with E-state index in [0.29, 0.717) is 22.9 Å². The number of carbonyl (C=O) groups is 1. The van der Waals surface area contributed by atoms with Gasteiger partial charge in [-0.2, -0.15) is 0 Å². The van der Waals surface area contributed by atoms with Crippen LogP contribution in [0.25, 0.3) is 0 Å². The summed E-state index contributed by atoms with van der Waals surface area (Å²) in [5.74, 6) is 0.328. The van der Waals surface area contributed by atoms with E-state index in [1.165, 1.54) is 0 Å². The molecule has 160 valence electrons. The molecular weight excluding hydrogens is 408 g/mol. The maximum atomic E-state index is 12.0. The first-order valence-corrected chi connectivity index (χ1v) is 10.3. The van der Waals surface area contributed by atoms with Crippen molar-refractivity contribution < 1.29 is 28.8 Å². The summed E-state index contributed by atoms with van der Waals surface area (Å²) in [7, 11) is 1.61. The fourth-order valence-electron chi connectivity index (χ4n) is 4.32. The number of fused-ring (bicyclic) bond motifs is 3. The van der Waals surface area contributed by atoms with Crippen LogP contribution in [-0.2, 0) is 9.53 Å². The van der Waals surface area contributed by atoms with E-state index >= 15 is 0 Å². The highest BCUT2D eigenvalue weighted by Gasteiger charge is 2.52. The fraction of sp³-hybridized carbons (Fsp3) is 0.435. The number of methoxy groups -OCH3 is 1. The molecule has 4 atom stereocenters. The number of benzene rings is 2. The summed E-state index contributed by atoms with van der Waals surface area (Å²) in [4.78, 5) is 12.0. The first-order valence-electron chi connectivity index (χ1n) is 9.92. The molecule has 6 nitrogen and oxygen atoms in total. The largest absolute Gasteiger partial charge is 0.497 e. The van der Waals surface area contributed by atoms with E-state index in [9.17, 15) is 9.90 Å². The third-order valence-electron chi connectivity index (χ3n) is 5.98. The predicted molar refractivity (Wildman–Crippen MR) is 111 cm³/mol. The van der Waals surface area contributed by atoms with E-state index in [2.05, 4.69) is 0 Å². The summed E-state index contributed by atoms with van der Waals surface area (Å²) in [6.07, 6.45) is -0.487. The molecular formula is C23H25ClO6. The molecule has 4 rings (SSSR count). The Morgan fingerprint density at radius 1 is 1.20 bits per heavy atom. The Bertz CT molecular complexity index is 926. The van der Waals surface area contributed by atoms with Crippen LogP contribution in [0.1, 0.15) is 31.9 Å². The Hall–Kier alpha value is -2.44. The number of carboxylic acids is 1. The lowest BCUT2D eigenvalue weighted by molar-refractivity contribution is -0.192. The van der Waals surface area contributed by atoms with E-state index in [0.717, 1.165) is 11.3 Å². The van der Waals surface area contributed by atoms with Crippen LogP contribution in [0, 0.1) is 11.8 Å². The third-order valence-corrected chi connectivity index (χ3v) is 6.23. The van der Waals surface area contributed by atoms with Gasteiger partial charge in [-0.1, -0.05) is 11.6 Å². The normalized spacial score (nSPS) is 26.7. The van der Waals surface area contributed by atoms with E-state index in [1.54, 1.807) is 31.4 Å². The molecule has 0 aliphatic carbocycles. The number of halogens is 1. The average Bonchev–Trinajstić information content (AvgIpc) is 2.72. The maximum Gasteiger partial charge on any atom is 0.309 e. The number of aliphatic carboxylic acids is 1. The molecule has 0 unspecified atom stereocenters. The van der Waals surface area contributed by atoms with Crippen molar-refractivity contribution in [2.75, 3.05) is 13.7 Å². The summed E-state index contributed by atoms with van der Waals surface area (Å²) in [6, 6.07) is 12.6. The summed E-state index contributed by atoms with van der Waals surface area (Å²) in [5.41, 5.74) is 0.307. The lowest BCUT2D eigenvalue weighted by atomic mass is 9.72. The molecule has 0 saturated carbocycles. The Labute approximate surface area is 180 Å². The molecule has 30 heavy (non-hydrogen) atoms. The SMILES string of the molecule is COc1ccc2c(c1)[C@H]1O[C@@H](COc3ccc(Cl)cc3)[C@@H](C(=O)O)C[C@@H]1C(C)(C)O2. The molecule has 2 aromatic carbocycles. The highest BCUT2D eigenvalue weighted by atomic mass is 35.5. The summed E-state index contributed by atoms with van der Waals surface area (Å²) in [6.45, 7) is 4.08. The molecule has 0 amide bonds. The number of hydrogen-bond acceptors (Lipinski definition) is 5. The van der Waals surface area contributed by atoms with Crippen molar-refractivity contribution in [2.45, 2.75) is 38.1 Å². The van der Waals surface area contributed by atoms with Crippen LogP contribution in [0.15, 0.2) is 42.5 Å². The van der Waals surface area contributed by atoms with Gasteiger partial charge in [-0.3, -0.25) is 4.79 Å². The number of hydrogen-bond donors (Lipinski definition) is 1. The second-order valence-electron chi connectivity index (χ2n) is 8.26. The smallest absolute Gasteiger partial charge is 0.309 e. The van der Waals surface area contributed by atoms with Crippen LogP contribution >= 0.6 is 11.6 Å². The lowest BCUT2D eigenvalue weighted by Gasteiger charge is -2.50. The van der Waals surface area contributed by atoms with Gasteiger partial charge in [-0.15, -0.1) is 0 Å². The van der Waals surface area contributed by atoms with Gasteiger partial charge in [0.15, 0.2) is 0 Å². The Morgan fingerprint density at radius 3 is 2.57 bits per heavy atom. The van der Waals surface area contributed by atoms with Gasteiger partial charge in [0.1, 0.15) is 35.6 Å². The van der Waals surface area contributed by atoms with E-state index in [-0.39, 0.29) is 18.6 Å². The van der Waals surface area contributed by atoms with Crippen LogP contribution in [-0.4, -0.2) is 36.5 Å². The zero-order valence-electron chi connectivity index (χ0n) is 17.1. The molecule has 0 bridgehead atoms. The molecule has 7 heteroatoms. The highest BCUT2D eigenvalue weighted by Crippen LogP contribution is 2.52. The molecule has 2 heterocycles. The molecule has 2 aromatic rings. The predicted octanol–water partition coefficient (Wildman–Crippen LogP) is 4.75. The second-order valence-corrected chi connectivity index (χ2v) is 8.69. The lowest BCUT2D eigenvalue weighted by Crippen LogP contribution is -2.53. The van der Waals surface area contributed by atoms with Gasteiger partial charge in [-0.25, -0.2) is 0 Å². The molecule has 2 aliphatic heterocycles. The van der Waals surface area contributed by atoms with Crippen LogP contribution in [0.4, 0.5) is 0 Å². The number of carboxylic acid groups (broad SMARTS) is 1. The van der Waals surface area contributed by atoms with Gasteiger partial charge in [0.25, 0.3) is 0 Å². The summed E-state index contributed by atoms with van der Waals surface area (Å²) in [5, 5.41) is 10.5. The van der Waals surface area contributed by atoms with Gasteiger partial charge >= 0.3 is 5.97 Å². The first-order chi connectivity index (χ1) is 14.3. The van der Waals surface area contributed by atoms with Gasteiger partial charge < -0.3 is 24.1 Å². The van der Waals surface area contributed by atoms with Gasteiger partial charge in [0.2, 0.25) is 0 Å². The second kappa shape index (κ2) is 8.00. The quantitative estimate of drug-likeness (QED) is 0.735. The van der Waals surface area contributed by atoms with Crippen molar-refractivity contribution in [1.82, 2.24) is 0 Å². The number of ether oxygens (including phenoxy) is 4. The van der Waals surface area contributed by atoms with Crippen molar-refractivity contribution in [3.8, 4) is 17.2 Å². The fourth-order valence-corrected chi connectivity index (χ4v) is 4.44. The molecule has 0 spiro atoms. The van der Waals surface area contributed by atoms with Crippen LogP contribution in [0.5, 0.6) is 17.2 Å². The Kier molecular flexibility index (Phi) is 5.55. The summed E-state index contributed by atoms with van der Waals surface area (Å²) < 4.78 is 23.8. The van der Waals surface area contributed by atoms with Crippen molar-refractivity contribution in [1.29, 1.82) is 0 Å². The Morgan fingerprint density at radius 2 is 1.90 bits per heavy atom. The molecule has 1 fully saturated rings. The summed E-state index contributed by atoms with van der Waals surface area (Å²) >= 11 is 5.92. The molecule has 2 aliphatic rings. The molecule has 0 aromatic heterocycles. The highest BCUT2D eigenvalue weighted by molar-refractivity contribution is 6.30. The van der Waals surface area contributed by atoms with Gasteiger partial charge in [0.05, 0.1) is 19.1 Å². The van der Waals surface area contributed by atoms with Crippen LogP contribution in [0.3, 0.4) is 0 Å². The van der Waals surface area contributed by atoms with Crippen molar-refractivity contribution in [3.05, 3.63) is 53.1 Å². The first kappa shape index (κ1) is 20.8. The molecule has 1 saturated heterocycles. The minimum absolute atomic E-state index is 0.120. The topological polar surface area (TPSA) is 74.2 Å². The van der Waals surface area contributed by atoms with Gasteiger partial charge in [0, 0.05) is 16.5 Å². The van der Waals surface area contributed by atoms with E-state index in [1.807, 2.05) is 32.0 Å². The van der Waals surface area contributed by atoms with Crippen molar-refractivity contribution in [3.63, 3.8) is 0 Å². The molecule has 0 radical (unpaired) electrons. The zero-order valence-corrected chi connectivity index (χ0v) is 17.9. The molecule has 1 N–H and O–H groups in total. The third kappa shape index (κ3) is 3.94. The van der Waals surface area contributed by atoms with E-state index in [4.69, 9.17) is 30.5 Å². The maximum absolute atomic E-state index is 12.0. The van der Waals surface area contributed by atoms with Crippen LogP contribution < -0.4 is 14.2 Å². The van der Waals surface area contributed by atoms with Crippen molar-refractivity contribution in [2.24, 2.45) is 11.8 Å². The standard InChI is InChI=1S/C23H25ClO6/c1-23(2)18-11-17(22(25)26)20(12-28-14-6-4-13(24)5-7-14)29-21(18)16-10-15(27-3)8-9-19(16)30-23/h4-10,17-18,20-21H,11-12H2,1-3H3,(H,25,26)/t17-,18-,20-,21+/m0/s1. The average molecular weight is 433 g/mol. The minimum atomic E-state index is -0.898. The minimum Gasteiger partial charge on any atom is -0.497 e.